The highest BCUT2D eigenvalue weighted by Crippen LogP contribution is 2.23. The molecule has 2 atom stereocenters. The molecule has 1 amide bonds. The van der Waals surface area contributed by atoms with Crippen LogP contribution >= 0.6 is 0 Å². The SMILES string of the molecule is COC(=O)/C=C/C(=O)O[C@@H]1C[C@@H](C(=O)O)N(C(=O)c2ccccc2)C1. The molecular formula is C17H17NO7. The summed E-state index contributed by atoms with van der Waals surface area (Å²) in [4.78, 5) is 47.7. The van der Waals surface area contributed by atoms with Gasteiger partial charge in [0.15, 0.2) is 0 Å². The number of carbonyl (C=O) groups is 4. The van der Waals surface area contributed by atoms with E-state index in [0.717, 1.165) is 12.2 Å². The fourth-order valence-electron chi connectivity index (χ4n) is 2.50. The first-order valence-corrected chi connectivity index (χ1v) is 7.48. The van der Waals surface area contributed by atoms with Crippen LogP contribution < -0.4 is 0 Å². The molecule has 0 bridgehead atoms. The maximum absolute atomic E-state index is 12.5. The summed E-state index contributed by atoms with van der Waals surface area (Å²) in [7, 11) is 1.17. The highest BCUT2D eigenvalue weighted by molar-refractivity contribution is 5.97. The van der Waals surface area contributed by atoms with Crippen molar-refractivity contribution in [1.82, 2.24) is 4.90 Å². The molecular weight excluding hydrogens is 330 g/mol. The minimum absolute atomic E-state index is 0.0221. The lowest BCUT2D eigenvalue weighted by atomic mass is 10.1. The molecule has 8 heteroatoms. The maximum Gasteiger partial charge on any atom is 0.331 e. The van der Waals surface area contributed by atoms with Crippen LogP contribution in [0.25, 0.3) is 0 Å². The van der Waals surface area contributed by atoms with Crippen LogP contribution in [0.1, 0.15) is 16.8 Å². The van der Waals surface area contributed by atoms with Crippen molar-refractivity contribution in [3.05, 3.63) is 48.0 Å². The first-order valence-electron chi connectivity index (χ1n) is 7.48. The Morgan fingerprint density at radius 3 is 2.36 bits per heavy atom. The van der Waals surface area contributed by atoms with E-state index in [9.17, 15) is 24.3 Å². The predicted octanol–water partition coefficient (Wildman–Crippen LogP) is 0.627. The van der Waals surface area contributed by atoms with E-state index in [1.165, 1.54) is 12.0 Å². The number of amides is 1. The summed E-state index contributed by atoms with van der Waals surface area (Å²) in [5.74, 6) is -3.15. The van der Waals surface area contributed by atoms with Gasteiger partial charge in [-0.3, -0.25) is 4.79 Å². The molecule has 0 radical (unpaired) electrons. The molecule has 1 aliphatic heterocycles. The molecule has 8 nitrogen and oxygen atoms in total. The van der Waals surface area contributed by atoms with Gasteiger partial charge in [0.1, 0.15) is 12.1 Å². The molecule has 1 N–H and O–H groups in total. The number of ether oxygens (including phenoxy) is 2. The average molecular weight is 347 g/mol. The Bertz CT molecular complexity index is 698. The van der Waals surface area contributed by atoms with Gasteiger partial charge in [-0.25, -0.2) is 14.4 Å². The lowest BCUT2D eigenvalue weighted by molar-refractivity contribution is -0.144. The highest BCUT2D eigenvalue weighted by atomic mass is 16.5. The van der Waals surface area contributed by atoms with Crippen molar-refractivity contribution in [3.63, 3.8) is 0 Å². The van der Waals surface area contributed by atoms with Gasteiger partial charge < -0.3 is 19.5 Å². The molecule has 0 unspecified atom stereocenters. The molecule has 1 saturated heterocycles. The van der Waals surface area contributed by atoms with Crippen LogP contribution in [0.5, 0.6) is 0 Å². The summed E-state index contributed by atoms with van der Waals surface area (Å²) in [6.07, 6.45) is 0.997. The zero-order valence-electron chi connectivity index (χ0n) is 13.5. The van der Waals surface area contributed by atoms with Crippen molar-refractivity contribution in [2.45, 2.75) is 18.6 Å². The number of rotatable bonds is 5. The monoisotopic (exact) mass is 347 g/mol. The van der Waals surface area contributed by atoms with Gasteiger partial charge in [0.25, 0.3) is 5.91 Å². The lowest BCUT2D eigenvalue weighted by Crippen LogP contribution is -2.40. The molecule has 1 aromatic rings. The maximum atomic E-state index is 12.5. The first-order chi connectivity index (χ1) is 11.9. The molecule has 2 rings (SSSR count). The first kappa shape index (κ1) is 18.2. The molecule has 0 saturated carbocycles. The number of hydrogen-bond acceptors (Lipinski definition) is 6. The van der Waals surface area contributed by atoms with Gasteiger partial charge in [0.05, 0.1) is 13.7 Å². The Balaban J connectivity index is 2.06. The Morgan fingerprint density at radius 2 is 1.76 bits per heavy atom. The Kier molecular flexibility index (Phi) is 5.89. The number of carboxylic acids is 1. The fraction of sp³-hybridized carbons (Fsp3) is 0.294. The van der Waals surface area contributed by atoms with Gasteiger partial charge in [0, 0.05) is 24.1 Å². The minimum Gasteiger partial charge on any atom is -0.480 e. The van der Waals surface area contributed by atoms with E-state index >= 15 is 0 Å². The topological polar surface area (TPSA) is 110 Å². The third-order valence-electron chi connectivity index (χ3n) is 3.67. The molecule has 1 heterocycles. The predicted molar refractivity (Wildman–Crippen MR) is 84.6 cm³/mol. The van der Waals surface area contributed by atoms with Crippen LogP contribution in [0.3, 0.4) is 0 Å². The molecule has 0 aliphatic carbocycles. The second kappa shape index (κ2) is 8.09. The van der Waals surface area contributed by atoms with E-state index in [-0.39, 0.29) is 13.0 Å². The van der Waals surface area contributed by atoms with E-state index < -0.39 is 36.0 Å². The van der Waals surface area contributed by atoms with Crippen molar-refractivity contribution < 1.29 is 33.8 Å². The zero-order valence-corrected chi connectivity index (χ0v) is 13.5. The molecule has 1 aliphatic rings. The number of nitrogens with zero attached hydrogens (tertiary/aromatic N) is 1. The summed E-state index contributed by atoms with van der Waals surface area (Å²) in [5, 5.41) is 9.33. The normalized spacial score (nSPS) is 19.6. The van der Waals surface area contributed by atoms with E-state index in [2.05, 4.69) is 4.74 Å². The lowest BCUT2D eigenvalue weighted by Gasteiger charge is -2.21. The van der Waals surface area contributed by atoms with Crippen LogP contribution in [0.2, 0.25) is 0 Å². The van der Waals surface area contributed by atoms with Crippen LogP contribution in [0.15, 0.2) is 42.5 Å². The minimum atomic E-state index is -1.17. The standard InChI is InChI=1S/C17H17NO7/c1-24-14(19)7-8-15(20)25-12-9-13(17(22)23)18(10-12)16(21)11-5-3-2-4-6-11/h2-8,12-13H,9-10H2,1H3,(H,22,23)/b8-7+/t12-,13+/m1/s1. The quantitative estimate of drug-likeness (QED) is 0.614. The van der Waals surface area contributed by atoms with Crippen LogP contribution in [-0.4, -0.2) is 59.6 Å². The third-order valence-corrected chi connectivity index (χ3v) is 3.67. The molecule has 1 fully saturated rings. The van der Waals surface area contributed by atoms with Gasteiger partial charge in [0.2, 0.25) is 0 Å². The summed E-state index contributed by atoms with van der Waals surface area (Å²) in [5.41, 5.74) is 0.353. The molecule has 132 valence electrons. The Labute approximate surface area is 143 Å². The van der Waals surface area contributed by atoms with E-state index in [4.69, 9.17) is 4.74 Å². The largest absolute Gasteiger partial charge is 0.480 e. The number of methoxy groups -OCH3 is 1. The summed E-state index contributed by atoms with van der Waals surface area (Å²) >= 11 is 0. The van der Waals surface area contributed by atoms with Crippen molar-refractivity contribution >= 4 is 23.8 Å². The highest BCUT2D eigenvalue weighted by Gasteiger charge is 2.41. The van der Waals surface area contributed by atoms with E-state index in [0.29, 0.717) is 5.56 Å². The number of aliphatic carboxylic acids is 1. The van der Waals surface area contributed by atoms with Crippen LogP contribution in [0.4, 0.5) is 0 Å². The van der Waals surface area contributed by atoms with E-state index in [1.807, 2.05) is 0 Å². The summed E-state index contributed by atoms with van der Waals surface area (Å²) < 4.78 is 9.46. The number of hydrogen-bond donors (Lipinski definition) is 1. The van der Waals surface area contributed by atoms with Crippen LogP contribution in [0, 0.1) is 0 Å². The summed E-state index contributed by atoms with van der Waals surface area (Å²) in [6.45, 7) is -0.0392. The van der Waals surface area contributed by atoms with Crippen molar-refractivity contribution in [3.8, 4) is 0 Å². The molecule has 0 aromatic heterocycles. The van der Waals surface area contributed by atoms with Crippen molar-refractivity contribution in [1.29, 1.82) is 0 Å². The van der Waals surface area contributed by atoms with Crippen molar-refractivity contribution in [2.75, 3.05) is 13.7 Å². The van der Waals surface area contributed by atoms with Crippen LogP contribution in [-0.2, 0) is 23.9 Å². The third kappa shape index (κ3) is 4.66. The summed E-state index contributed by atoms with van der Waals surface area (Å²) in [6, 6.07) is 7.17. The second-order valence-electron chi connectivity index (χ2n) is 5.33. The number of carboxylic acid groups (broad SMARTS) is 1. The number of carbonyl (C=O) groups excluding carboxylic acids is 3. The molecule has 1 aromatic carbocycles. The number of likely N-dealkylation sites (tertiary alicyclic amines) is 1. The van der Waals surface area contributed by atoms with Gasteiger partial charge in [-0.05, 0) is 12.1 Å². The van der Waals surface area contributed by atoms with Gasteiger partial charge in [-0.15, -0.1) is 0 Å². The Morgan fingerprint density at radius 1 is 1.12 bits per heavy atom. The smallest absolute Gasteiger partial charge is 0.331 e. The second-order valence-corrected chi connectivity index (χ2v) is 5.33. The Hall–Kier alpha value is -3.16. The number of benzene rings is 1. The zero-order chi connectivity index (χ0) is 18.4. The number of esters is 2. The van der Waals surface area contributed by atoms with E-state index in [1.54, 1.807) is 30.3 Å². The van der Waals surface area contributed by atoms with Gasteiger partial charge >= 0.3 is 17.9 Å². The van der Waals surface area contributed by atoms with Gasteiger partial charge in [-0.1, -0.05) is 18.2 Å². The van der Waals surface area contributed by atoms with Gasteiger partial charge in [-0.2, -0.15) is 0 Å². The fourth-order valence-corrected chi connectivity index (χ4v) is 2.50. The molecule has 25 heavy (non-hydrogen) atoms. The average Bonchev–Trinajstić information content (AvgIpc) is 3.03. The molecule has 0 spiro atoms. The van der Waals surface area contributed by atoms with Crippen molar-refractivity contribution in [2.24, 2.45) is 0 Å².